The van der Waals surface area contributed by atoms with Gasteiger partial charge >= 0.3 is 0 Å². The van der Waals surface area contributed by atoms with Crippen LogP contribution in [0.1, 0.15) is 0 Å². The predicted molar refractivity (Wildman–Crippen MR) is 249 cm³/mol. The van der Waals surface area contributed by atoms with Crippen LogP contribution in [-0.4, -0.2) is 19.1 Å². The van der Waals surface area contributed by atoms with E-state index in [1.165, 1.54) is 53.6 Å². The van der Waals surface area contributed by atoms with Crippen LogP contribution >= 0.6 is 11.3 Å². The summed E-state index contributed by atoms with van der Waals surface area (Å²) in [4.78, 5) is 12.1. The highest BCUT2D eigenvalue weighted by Crippen LogP contribution is 2.44. The minimum absolute atomic E-state index is 0.872. The zero-order chi connectivity index (χ0) is 38.6. The SMILES string of the molecule is c1ccc(-n2c3ccccc3c3ccc(-c4nc5sc6ccccc6c5nc4-c4ccc(-n5c6ccccc6c6cc7ccccc7cc65)c5ccccc45)cc32)cc1. The van der Waals surface area contributed by atoms with Crippen LogP contribution in [0.4, 0.5) is 0 Å². The summed E-state index contributed by atoms with van der Waals surface area (Å²) in [5, 5.41) is 10.8. The molecule has 4 aromatic heterocycles. The van der Waals surface area contributed by atoms with Crippen LogP contribution in [0, 0.1) is 0 Å². The first-order valence-electron chi connectivity index (χ1n) is 20.0. The van der Waals surface area contributed by atoms with Crippen molar-refractivity contribution in [3.05, 3.63) is 194 Å². The molecule has 4 nitrogen and oxygen atoms in total. The standard InChI is InChI=1S/C54H32N4S/c1-2-16-36(17-3-1)57-45-23-11-8-20-39(45)41-27-26-35(32-48(41)57)51-52(55-53-43-22-10-13-25-50(43)59-54(53)56-51)42-28-29-47(38-19-7-6-18-37(38)42)58-46-24-12-9-21-40(46)44-30-33-14-4-5-15-34(33)31-49(44)58/h1-32H. The summed E-state index contributed by atoms with van der Waals surface area (Å²) in [6.07, 6.45) is 0. The quantitative estimate of drug-likeness (QED) is 0.179. The summed E-state index contributed by atoms with van der Waals surface area (Å²) in [5.74, 6) is 0. The second-order valence-electron chi connectivity index (χ2n) is 15.3. The molecule has 0 atom stereocenters. The first kappa shape index (κ1) is 32.5. The fourth-order valence-corrected chi connectivity index (χ4v) is 10.5. The second-order valence-corrected chi connectivity index (χ2v) is 16.4. The van der Waals surface area contributed by atoms with Crippen LogP contribution in [0.3, 0.4) is 0 Å². The minimum Gasteiger partial charge on any atom is -0.309 e. The second kappa shape index (κ2) is 12.4. The van der Waals surface area contributed by atoms with Gasteiger partial charge in [0.05, 0.1) is 39.1 Å². The van der Waals surface area contributed by atoms with Gasteiger partial charge in [-0.1, -0.05) is 133 Å². The molecule has 0 aliphatic carbocycles. The molecule has 0 bridgehead atoms. The number of hydrogen-bond donors (Lipinski definition) is 0. The molecule has 5 heteroatoms. The molecule has 0 N–H and O–H groups in total. The minimum atomic E-state index is 0.872. The highest BCUT2D eigenvalue weighted by atomic mass is 32.1. The molecule has 0 radical (unpaired) electrons. The number of aromatic nitrogens is 4. The Morgan fingerprint density at radius 3 is 1.80 bits per heavy atom. The maximum Gasteiger partial charge on any atom is 0.143 e. The lowest BCUT2D eigenvalue weighted by Crippen LogP contribution is -1.99. The van der Waals surface area contributed by atoms with Crippen molar-refractivity contribution in [3.8, 4) is 33.9 Å². The normalized spacial score (nSPS) is 12.1. The van der Waals surface area contributed by atoms with Crippen LogP contribution in [0.15, 0.2) is 194 Å². The average Bonchev–Trinajstić information content (AvgIpc) is 3.94. The van der Waals surface area contributed by atoms with Crippen molar-refractivity contribution < 1.29 is 0 Å². The Morgan fingerprint density at radius 1 is 0.373 bits per heavy atom. The topological polar surface area (TPSA) is 35.6 Å². The molecule has 0 aliphatic rings. The van der Waals surface area contributed by atoms with Gasteiger partial charge in [-0.2, -0.15) is 0 Å². The third-order valence-corrected chi connectivity index (χ3v) is 13.2. The lowest BCUT2D eigenvalue weighted by molar-refractivity contribution is 1.18. The smallest absolute Gasteiger partial charge is 0.143 e. The number of para-hydroxylation sites is 3. The van der Waals surface area contributed by atoms with Crippen molar-refractivity contribution in [2.45, 2.75) is 0 Å². The monoisotopic (exact) mass is 768 g/mol. The van der Waals surface area contributed by atoms with E-state index in [9.17, 15) is 0 Å². The van der Waals surface area contributed by atoms with Gasteiger partial charge in [-0.15, -0.1) is 11.3 Å². The van der Waals surface area contributed by atoms with Gasteiger partial charge in [0.25, 0.3) is 0 Å². The van der Waals surface area contributed by atoms with Gasteiger partial charge in [-0.3, -0.25) is 0 Å². The van der Waals surface area contributed by atoms with E-state index in [-0.39, 0.29) is 0 Å². The summed E-state index contributed by atoms with van der Waals surface area (Å²) >= 11 is 1.71. The summed E-state index contributed by atoms with van der Waals surface area (Å²) < 4.78 is 6.00. The fourth-order valence-electron chi connectivity index (χ4n) is 9.48. The summed E-state index contributed by atoms with van der Waals surface area (Å²) in [6.45, 7) is 0. The van der Waals surface area contributed by atoms with Crippen molar-refractivity contribution >= 4 is 96.9 Å². The molecule has 13 aromatic rings. The largest absolute Gasteiger partial charge is 0.309 e. The highest BCUT2D eigenvalue weighted by molar-refractivity contribution is 7.25. The molecule has 0 spiro atoms. The maximum atomic E-state index is 5.62. The van der Waals surface area contributed by atoms with E-state index in [2.05, 4.69) is 203 Å². The van der Waals surface area contributed by atoms with Crippen molar-refractivity contribution in [2.24, 2.45) is 0 Å². The third kappa shape index (κ3) is 4.77. The van der Waals surface area contributed by atoms with Gasteiger partial charge in [0.15, 0.2) is 0 Å². The molecule has 0 fully saturated rings. The molecule has 0 unspecified atom stereocenters. The predicted octanol–water partition coefficient (Wildman–Crippen LogP) is 14.7. The molecule has 0 aliphatic heterocycles. The molecule has 0 saturated carbocycles. The summed E-state index contributed by atoms with van der Waals surface area (Å²) in [5.41, 5.74) is 11.7. The van der Waals surface area contributed by atoms with E-state index in [1.54, 1.807) is 11.3 Å². The Hall–Kier alpha value is -7.60. The number of hydrogen-bond acceptors (Lipinski definition) is 3. The molecular formula is C54H32N4S. The van der Waals surface area contributed by atoms with Gasteiger partial charge in [0.2, 0.25) is 0 Å². The summed E-state index contributed by atoms with van der Waals surface area (Å²) in [7, 11) is 0. The highest BCUT2D eigenvalue weighted by Gasteiger charge is 2.22. The lowest BCUT2D eigenvalue weighted by Gasteiger charge is -2.16. The lowest BCUT2D eigenvalue weighted by atomic mass is 9.96. The molecule has 9 aromatic carbocycles. The molecule has 59 heavy (non-hydrogen) atoms. The van der Waals surface area contributed by atoms with E-state index in [1.807, 2.05) is 0 Å². The maximum absolute atomic E-state index is 5.62. The molecule has 13 rings (SSSR count). The van der Waals surface area contributed by atoms with Gasteiger partial charge < -0.3 is 9.13 Å². The molecule has 4 heterocycles. The molecule has 0 saturated heterocycles. The Bertz CT molecular complexity index is 3850. The molecule has 274 valence electrons. The third-order valence-electron chi connectivity index (χ3n) is 12.1. The number of thiophene rings is 1. The summed E-state index contributed by atoms with van der Waals surface area (Å²) in [6, 6.07) is 70.1. The van der Waals surface area contributed by atoms with Crippen LogP contribution in [0.25, 0.3) is 119 Å². The van der Waals surface area contributed by atoms with Crippen LogP contribution < -0.4 is 0 Å². The van der Waals surface area contributed by atoms with Crippen molar-refractivity contribution in [1.29, 1.82) is 0 Å². The zero-order valence-electron chi connectivity index (χ0n) is 31.7. The zero-order valence-corrected chi connectivity index (χ0v) is 32.5. The van der Waals surface area contributed by atoms with E-state index in [4.69, 9.17) is 9.97 Å². The Labute approximate surface area is 342 Å². The van der Waals surface area contributed by atoms with Gasteiger partial charge in [0, 0.05) is 53.8 Å². The van der Waals surface area contributed by atoms with E-state index in [0.717, 1.165) is 65.9 Å². The number of nitrogens with zero attached hydrogens (tertiary/aromatic N) is 4. The average molecular weight is 769 g/mol. The Kier molecular flexibility index (Phi) is 6.85. The van der Waals surface area contributed by atoms with Crippen LogP contribution in [-0.2, 0) is 0 Å². The van der Waals surface area contributed by atoms with Gasteiger partial charge in [-0.05, 0) is 76.8 Å². The van der Waals surface area contributed by atoms with Crippen molar-refractivity contribution in [2.75, 3.05) is 0 Å². The number of rotatable bonds is 4. The van der Waals surface area contributed by atoms with Gasteiger partial charge in [0.1, 0.15) is 10.3 Å². The van der Waals surface area contributed by atoms with Gasteiger partial charge in [-0.25, -0.2) is 9.97 Å². The molecule has 0 amide bonds. The number of benzene rings is 9. The van der Waals surface area contributed by atoms with E-state index >= 15 is 0 Å². The Morgan fingerprint density at radius 2 is 0.983 bits per heavy atom. The van der Waals surface area contributed by atoms with Crippen molar-refractivity contribution in [1.82, 2.24) is 19.1 Å². The first-order valence-corrected chi connectivity index (χ1v) is 20.8. The first-order chi connectivity index (χ1) is 29.3. The number of fused-ring (bicyclic) bond motifs is 11. The van der Waals surface area contributed by atoms with Crippen LogP contribution in [0.2, 0.25) is 0 Å². The molecular weight excluding hydrogens is 737 g/mol. The Balaban J connectivity index is 1.10. The van der Waals surface area contributed by atoms with Crippen molar-refractivity contribution in [3.63, 3.8) is 0 Å². The fraction of sp³-hybridized carbons (Fsp3) is 0. The van der Waals surface area contributed by atoms with E-state index in [0.29, 0.717) is 0 Å². The van der Waals surface area contributed by atoms with E-state index < -0.39 is 0 Å². The van der Waals surface area contributed by atoms with Crippen LogP contribution in [0.5, 0.6) is 0 Å².